The zero-order valence-electron chi connectivity index (χ0n) is 15.6. The van der Waals surface area contributed by atoms with E-state index in [-0.39, 0.29) is 11.8 Å². The van der Waals surface area contributed by atoms with Crippen molar-refractivity contribution in [1.82, 2.24) is 10.4 Å². The molecule has 0 aromatic heterocycles. The number of carbonyl (C=O) groups is 1. The molecular formula is C20H27N3O2. The molecule has 1 aromatic carbocycles. The van der Waals surface area contributed by atoms with Gasteiger partial charge in [-0.15, -0.1) is 0 Å². The molecule has 0 radical (unpaired) electrons. The van der Waals surface area contributed by atoms with Crippen LogP contribution in [0.5, 0.6) is 0 Å². The van der Waals surface area contributed by atoms with Crippen molar-refractivity contribution in [1.29, 1.82) is 5.26 Å². The molecule has 1 saturated heterocycles. The van der Waals surface area contributed by atoms with Gasteiger partial charge < -0.3 is 10.2 Å². The smallest absolute Gasteiger partial charge is 0.228 e. The maximum Gasteiger partial charge on any atom is 0.228 e. The van der Waals surface area contributed by atoms with Crippen molar-refractivity contribution < 1.29 is 9.63 Å². The molecule has 1 atom stereocenters. The van der Waals surface area contributed by atoms with Gasteiger partial charge in [-0.3, -0.25) is 4.79 Å². The number of benzene rings is 1. The van der Waals surface area contributed by atoms with Crippen molar-refractivity contribution in [3.8, 4) is 6.07 Å². The number of nitrogens with one attached hydrogen (secondary N) is 1. The highest BCUT2D eigenvalue weighted by Crippen LogP contribution is 2.29. The summed E-state index contributed by atoms with van der Waals surface area (Å²) in [6.07, 6.45) is 2.89. The molecule has 1 fully saturated rings. The van der Waals surface area contributed by atoms with E-state index in [4.69, 9.17) is 4.84 Å². The van der Waals surface area contributed by atoms with Crippen molar-refractivity contribution in [2.24, 2.45) is 0 Å². The van der Waals surface area contributed by atoms with Crippen LogP contribution >= 0.6 is 0 Å². The van der Waals surface area contributed by atoms with Crippen molar-refractivity contribution in [2.45, 2.75) is 45.1 Å². The number of hydrogen-bond acceptors (Lipinski definition) is 4. The lowest BCUT2D eigenvalue weighted by molar-refractivity contribution is -0.151. The summed E-state index contributed by atoms with van der Waals surface area (Å²) >= 11 is 0. The lowest BCUT2D eigenvalue weighted by Crippen LogP contribution is -2.55. The van der Waals surface area contributed by atoms with Gasteiger partial charge in [0.15, 0.2) is 0 Å². The molecular weight excluding hydrogens is 314 g/mol. The molecule has 0 bridgehead atoms. The Morgan fingerprint density at radius 2 is 2.08 bits per heavy atom. The van der Waals surface area contributed by atoms with Crippen molar-refractivity contribution in [2.75, 3.05) is 20.2 Å². The molecule has 134 valence electrons. The third-order valence-corrected chi connectivity index (χ3v) is 5.02. The maximum atomic E-state index is 12.9. The number of amides is 1. The van der Waals surface area contributed by atoms with Gasteiger partial charge in [0, 0.05) is 13.1 Å². The van der Waals surface area contributed by atoms with Gasteiger partial charge in [-0.1, -0.05) is 30.4 Å². The Morgan fingerprint density at radius 3 is 2.60 bits per heavy atom. The second-order valence-electron chi connectivity index (χ2n) is 6.81. The van der Waals surface area contributed by atoms with Gasteiger partial charge in [0.25, 0.3) is 0 Å². The molecule has 5 heteroatoms. The number of hydroxylamine groups is 2. The number of nitriles is 1. The molecule has 0 spiro atoms. The molecule has 1 heterocycles. The molecule has 1 N–H and O–H groups in total. The van der Waals surface area contributed by atoms with E-state index in [1.54, 1.807) is 13.2 Å². The molecule has 25 heavy (non-hydrogen) atoms. The second-order valence-corrected chi connectivity index (χ2v) is 6.81. The predicted octanol–water partition coefficient (Wildman–Crippen LogP) is 3.09. The molecule has 1 amide bonds. The molecule has 2 rings (SSSR count). The Kier molecular flexibility index (Phi) is 5.99. The Hall–Kier alpha value is -2.16. The molecule has 0 saturated carbocycles. The number of hydrogen-bond donors (Lipinski definition) is 1. The Bertz CT molecular complexity index is 698. The lowest BCUT2D eigenvalue weighted by Gasteiger charge is -2.37. The first kappa shape index (κ1) is 19.2. The Morgan fingerprint density at radius 1 is 1.44 bits per heavy atom. The summed E-state index contributed by atoms with van der Waals surface area (Å²) in [7, 11) is 1.62. The van der Waals surface area contributed by atoms with Crippen LogP contribution in [-0.4, -0.2) is 36.7 Å². The third-order valence-electron chi connectivity index (χ3n) is 5.02. The van der Waals surface area contributed by atoms with E-state index in [1.165, 1.54) is 0 Å². The summed E-state index contributed by atoms with van der Waals surface area (Å²) in [4.78, 5) is 18.1. The van der Waals surface area contributed by atoms with Crippen LogP contribution in [0.4, 0.5) is 0 Å². The van der Waals surface area contributed by atoms with E-state index in [0.29, 0.717) is 25.9 Å². The summed E-state index contributed by atoms with van der Waals surface area (Å²) in [5.74, 6) is -0.471. The second kappa shape index (κ2) is 7.81. The van der Waals surface area contributed by atoms with E-state index in [1.807, 2.05) is 31.9 Å². The van der Waals surface area contributed by atoms with Crippen LogP contribution in [0.1, 0.15) is 47.9 Å². The quantitative estimate of drug-likeness (QED) is 0.894. The highest BCUT2D eigenvalue weighted by atomic mass is 16.7. The summed E-state index contributed by atoms with van der Waals surface area (Å²) < 4.78 is 0. The fraction of sp³-hybridized carbons (Fsp3) is 0.500. The zero-order valence-corrected chi connectivity index (χ0v) is 15.6. The highest BCUT2D eigenvalue weighted by molar-refractivity contribution is 5.86. The fourth-order valence-electron chi connectivity index (χ4n) is 3.56. The summed E-state index contributed by atoms with van der Waals surface area (Å²) in [6, 6.07) is 6.43. The number of nitrogens with zero attached hydrogens (tertiary/aromatic N) is 2. The van der Waals surface area contributed by atoms with E-state index in [9.17, 15) is 10.1 Å². The van der Waals surface area contributed by atoms with Crippen LogP contribution in [0, 0.1) is 25.2 Å². The van der Waals surface area contributed by atoms with Crippen LogP contribution in [-0.2, 0) is 9.63 Å². The topological polar surface area (TPSA) is 65.4 Å². The maximum absolute atomic E-state index is 12.9. The fourth-order valence-corrected chi connectivity index (χ4v) is 3.56. The van der Waals surface area contributed by atoms with Gasteiger partial charge >= 0.3 is 0 Å². The summed E-state index contributed by atoms with van der Waals surface area (Å²) in [5, 5.41) is 14.5. The minimum absolute atomic E-state index is 0.123. The average Bonchev–Trinajstić information content (AvgIpc) is 2.61. The first-order chi connectivity index (χ1) is 11.9. The van der Waals surface area contributed by atoms with Gasteiger partial charge in [0.1, 0.15) is 5.54 Å². The number of piperidine rings is 1. The van der Waals surface area contributed by atoms with Crippen molar-refractivity contribution in [3.05, 3.63) is 41.0 Å². The van der Waals surface area contributed by atoms with Crippen LogP contribution in [0.25, 0.3) is 6.08 Å². The normalized spacial score (nSPS) is 18.2. The standard InChI is InChI=1S/C20H27N3O2/c1-6-17-12-14(2)11-15(3)18(17)16(4)19(24)22-20(13-21)7-9-23(25-5)10-8-20/h6,11-12,16H,1,7-10H2,2-5H3,(H,22,24). The van der Waals surface area contributed by atoms with Crippen LogP contribution in [0.15, 0.2) is 18.7 Å². The van der Waals surface area contributed by atoms with E-state index in [0.717, 1.165) is 22.3 Å². The van der Waals surface area contributed by atoms with Gasteiger partial charge in [-0.2, -0.15) is 10.3 Å². The molecule has 1 aliphatic rings. The lowest BCUT2D eigenvalue weighted by atomic mass is 9.86. The third kappa shape index (κ3) is 4.09. The largest absolute Gasteiger partial charge is 0.337 e. The van der Waals surface area contributed by atoms with Crippen molar-refractivity contribution in [3.63, 3.8) is 0 Å². The van der Waals surface area contributed by atoms with E-state index in [2.05, 4.69) is 24.0 Å². The molecule has 1 aliphatic heterocycles. The van der Waals surface area contributed by atoms with Crippen molar-refractivity contribution >= 4 is 12.0 Å². The highest BCUT2D eigenvalue weighted by Gasteiger charge is 2.37. The number of aryl methyl sites for hydroxylation is 2. The monoisotopic (exact) mass is 341 g/mol. The first-order valence-electron chi connectivity index (χ1n) is 8.61. The molecule has 0 aliphatic carbocycles. The van der Waals surface area contributed by atoms with Crippen LogP contribution in [0.3, 0.4) is 0 Å². The number of carbonyl (C=O) groups excluding carboxylic acids is 1. The SMILES string of the molecule is C=Cc1cc(C)cc(C)c1C(C)C(=O)NC1(C#N)CCN(OC)CC1. The Balaban J connectivity index is 2.21. The van der Waals surface area contributed by atoms with E-state index >= 15 is 0 Å². The summed E-state index contributed by atoms with van der Waals surface area (Å²) in [5.41, 5.74) is 3.33. The Labute approximate surface area is 150 Å². The van der Waals surface area contributed by atoms with Crippen LogP contribution in [0.2, 0.25) is 0 Å². The summed E-state index contributed by atoms with van der Waals surface area (Å²) in [6.45, 7) is 11.1. The molecule has 5 nitrogen and oxygen atoms in total. The zero-order chi connectivity index (χ0) is 18.6. The van der Waals surface area contributed by atoms with E-state index < -0.39 is 5.54 Å². The first-order valence-corrected chi connectivity index (χ1v) is 8.61. The number of rotatable bonds is 5. The van der Waals surface area contributed by atoms with Gasteiger partial charge in [-0.05, 0) is 50.3 Å². The van der Waals surface area contributed by atoms with Gasteiger partial charge in [-0.25, -0.2) is 0 Å². The average molecular weight is 341 g/mol. The minimum atomic E-state index is -0.826. The van der Waals surface area contributed by atoms with Gasteiger partial charge in [0.2, 0.25) is 5.91 Å². The molecule has 1 aromatic rings. The van der Waals surface area contributed by atoms with Crippen LogP contribution < -0.4 is 5.32 Å². The predicted molar refractivity (Wildman–Crippen MR) is 98.7 cm³/mol. The minimum Gasteiger partial charge on any atom is -0.337 e. The molecule has 1 unspecified atom stereocenters. The van der Waals surface area contributed by atoms with Gasteiger partial charge in [0.05, 0.1) is 19.1 Å².